The fourth-order valence-corrected chi connectivity index (χ4v) is 1.37. The highest BCUT2D eigenvalue weighted by molar-refractivity contribution is 6.01. The van der Waals surface area contributed by atoms with Crippen LogP contribution in [0.2, 0.25) is 0 Å². The lowest BCUT2D eigenvalue weighted by Gasteiger charge is -2.17. The predicted molar refractivity (Wildman–Crippen MR) is 41.3 cm³/mol. The Morgan fingerprint density at radius 2 is 1.73 bits per heavy atom. The smallest absolute Gasteiger partial charge is 0.140 e. The molecule has 0 aromatic carbocycles. The summed E-state index contributed by atoms with van der Waals surface area (Å²) >= 11 is 0. The highest BCUT2D eigenvalue weighted by Crippen LogP contribution is 2.20. The van der Waals surface area contributed by atoms with Crippen LogP contribution in [0.25, 0.3) is 0 Å². The maximum atomic E-state index is 10.8. The van der Waals surface area contributed by atoms with Gasteiger partial charge in [0.1, 0.15) is 11.6 Å². The van der Waals surface area contributed by atoms with Crippen molar-refractivity contribution in [2.24, 2.45) is 5.92 Å². The monoisotopic (exact) mass is 158 g/mol. The second kappa shape index (κ2) is 4.23. The highest BCUT2D eigenvalue weighted by Gasteiger charge is 2.23. The molecule has 1 rings (SSSR count). The first-order chi connectivity index (χ1) is 4.72. The third-order valence-corrected chi connectivity index (χ3v) is 2.00. The minimum Gasteiger partial charge on any atom is -0.412 e. The number of hydrogen-bond donors (Lipinski definition) is 0. The first-order valence-electron chi connectivity index (χ1n) is 3.75. The van der Waals surface area contributed by atoms with Crippen molar-refractivity contribution in [1.29, 1.82) is 0 Å². The van der Waals surface area contributed by atoms with Crippen molar-refractivity contribution < 1.29 is 15.1 Å². The Morgan fingerprint density at radius 3 is 2.09 bits per heavy atom. The Balaban J connectivity index is 0.000001000. The maximum absolute atomic E-state index is 10.8. The molecular formula is C8H14O3. The zero-order valence-corrected chi connectivity index (χ0v) is 6.72. The molecule has 0 spiro atoms. The number of ketones is 2. The summed E-state index contributed by atoms with van der Waals surface area (Å²) in [6.45, 7) is 2.02. The SMILES string of the molecule is CCC1CC(=O)CC(=O)C1.O. The van der Waals surface area contributed by atoms with Gasteiger partial charge in [0.05, 0.1) is 6.42 Å². The minimum absolute atomic E-state index is 0. The quantitative estimate of drug-likeness (QED) is 0.522. The van der Waals surface area contributed by atoms with Crippen molar-refractivity contribution >= 4 is 11.6 Å². The average Bonchev–Trinajstić information content (AvgIpc) is 1.85. The van der Waals surface area contributed by atoms with Crippen molar-refractivity contribution in [3.8, 4) is 0 Å². The Bertz CT molecular complexity index is 147. The van der Waals surface area contributed by atoms with Crippen LogP contribution in [0.1, 0.15) is 32.6 Å². The summed E-state index contributed by atoms with van der Waals surface area (Å²) in [4.78, 5) is 21.6. The summed E-state index contributed by atoms with van der Waals surface area (Å²) in [6, 6.07) is 0. The van der Waals surface area contributed by atoms with Crippen LogP contribution in [0.3, 0.4) is 0 Å². The maximum Gasteiger partial charge on any atom is 0.140 e. The van der Waals surface area contributed by atoms with E-state index in [2.05, 4.69) is 0 Å². The Labute approximate surface area is 66.1 Å². The molecular weight excluding hydrogens is 144 g/mol. The van der Waals surface area contributed by atoms with Gasteiger partial charge in [0.15, 0.2) is 0 Å². The van der Waals surface area contributed by atoms with Crippen LogP contribution in [-0.4, -0.2) is 17.0 Å². The van der Waals surface area contributed by atoms with Crippen LogP contribution in [0.5, 0.6) is 0 Å². The van der Waals surface area contributed by atoms with Crippen molar-refractivity contribution in [3.63, 3.8) is 0 Å². The fraction of sp³-hybridized carbons (Fsp3) is 0.750. The molecule has 0 aromatic heterocycles. The second-order valence-electron chi connectivity index (χ2n) is 2.94. The van der Waals surface area contributed by atoms with E-state index >= 15 is 0 Å². The van der Waals surface area contributed by atoms with Crippen molar-refractivity contribution in [2.45, 2.75) is 32.6 Å². The van der Waals surface area contributed by atoms with Gasteiger partial charge in [0.25, 0.3) is 0 Å². The van der Waals surface area contributed by atoms with Gasteiger partial charge in [-0.1, -0.05) is 13.3 Å². The van der Waals surface area contributed by atoms with E-state index in [0.29, 0.717) is 18.8 Å². The molecule has 0 atom stereocenters. The fourth-order valence-electron chi connectivity index (χ4n) is 1.37. The molecule has 1 aliphatic rings. The van der Waals surface area contributed by atoms with Crippen LogP contribution in [0.15, 0.2) is 0 Å². The third-order valence-electron chi connectivity index (χ3n) is 2.00. The lowest BCUT2D eigenvalue weighted by Crippen LogP contribution is -2.21. The minimum atomic E-state index is 0. The van der Waals surface area contributed by atoms with Crippen LogP contribution in [-0.2, 0) is 9.59 Å². The summed E-state index contributed by atoms with van der Waals surface area (Å²) in [5.41, 5.74) is 0. The van der Waals surface area contributed by atoms with Crippen molar-refractivity contribution in [3.05, 3.63) is 0 Å². The van der Waals surface area contributed by atoms with Crippen LogP contribution in [0, 0.1) is 5.92 Å². The average molecular weight is 158 g/mol. The number of carbonyl (C=O) groups excluding carboxylic acids is 2. The molecule has 2 N–H and O–H groups in total. The van der Waals surface area contributed by atoms with E-state index in [-0.39, 0.29) is 23.5 Å². The molecule has 0 aromatic rings. The third kappa shape index (κ3) is 2.80. The van der Waals surface area contributed by atoms with E-state index in [1.54, 1.807) is 0 Å². The van der Waals surface area contributed by atoms with E-state index in [9.17, 15) is 9.59 Å². The van der Waals surface area contributed by atoms with Crippen LogP contribution < -0.4 is 0 Å². The second-order valence-corrected chi connectivity index (χ2v) is 2.94. The molecule has 0 aliphatic heterocycles. The number of Topliss-reactive ketones (excluding diaryl/α,β-unsaturated/α-hetero) is 2. The van der Waals surface area contributed by atoms with E-state index in [4.69, 9.17) is 0 Å². The molecule has 1 fully saturated rings. The van der Waals surface area contributed by atoms with Gasteiger partial charge in [-0.2, -0.15) is 0 Å². The Hall–Kier alpha value is -0.700. The molecule has 0 heterocycles. The lowest BCUT2D eigenvalue weighted by molar-refractivity contribution is -0.131. The summed E-state index contributed by atoms with van der Waals surface area (Å²) in [5.74, 6) is 0.597. The zero-order valence-electron chi connectivity index (χ0n) is 6.72. The van der Waals surface area contributed by atoms with E-state index in [0.717, 1.165) is 6.42 Å². The van der Waals surface area contributed by atoms with Crippen LogP contribution in [0.4, 0.5) is 0 Å². The summed E-state index contributed by atoms with van der Waals surface area (Å²) in [7, 11) is 0. The summed E-state index contributed by atoms with van der Waals surface area (Å²) in [5, 5.41) is 0. The number of rotatable bonds is 1. The Morgan fingerprint density at radius 1 is 1.27 bits per heavy atom. The van der Waals surface area contributed by atoms with E-state index < -0.39 is 0 Å². The van der Waals surface area contributed by atoms with Gasteiger partial charge in [-0.25, -0.2) is 0 Å². The van der Waals surface area contributed by atoms with Crippen molar-refractivity contribution in [2.75, 3.05) is 0 Å². The molecule has 0 radical (unpaired) electrons. The van der Waals surface area contributed by atoms with Gasteiger partial charge in [0, 0.05) is 12.8 Å². The molecule has 0 saturated heterocycles. The Kier molecular flexibility index (Phi) is 3.97. The molecule has 11 heavy (non-hydrogen) atoms. The van der Waals surface area contributed by atoms with Gasteiger partial charge in [-0.3, -0.25) is 9.59 Å². The topological polar surface area (TPSA) is 65.6 Å². The molecule has 0 unspecified atom stereocenters. The molecule has 3 nitrogen and oxygen atoms in total. The van der Waals surface area contributed by atoms with Crippen LogP contribution >= 0.6 is 0 Å². The largest absolute Gasteiger partial charge is 0.412 e. The number of carbonyl (C=O) groups is 2. The van der Waals surface area contributed by atoms with E-state index in [1.807, 2.05) is 6.92 Å². The lowest BCUT2D eigenvalue weighted by atomic mass is 9.86. The van der Waals surface area contributed by atoms with Gasteiger partial charge in [0.2, 0.25) is 0 Å². The standard InChI is InChI=1S/C8H12O2.H2O/c1-2-6-3-7(9)5-8(10)4-6;/h6H,2-5H2,1H3;1H2. The van der Waals surface area contributed by atoms with Gasteiger partial charge in [-0.05, 0) is 5.92 Å². The normalized spacial score (nSPS) is 19.7. The first-order valence-corrected chi connectivity index (χ1v) is 3.75. The predicted octanol–water partition coefficient (Wildman–Crippen LogP) is 0.510. The van der Waals surface area contributed by atoms with Gasteiger partial charge >= 0.3 is 0 Å². The van der Waals surface area contributed by atoms with Gasteiger partial charge < -0.3 is 5.48 Å². The molecule has 1 saturated carbocycles. The molecule has 64 valence electrons. The first kappa shape index (κ1) is 10.3. The van der Waals surface area contributed by atoms with Gasteiger partial charge in [-0.15, -0.1) is 0 Å². The highest BCUT2D eigenvalue weighted by atomic mass is 16.1. The van der Waals surface area contributed by atoms with Crippen molar-refractivity contribution in [1.82, 2.24) is 0 Å². The molecule has 0 amide bonds. The molecule has 0 bridgehead atoms. The number of hydrogen-bond acceptors (Lipinski definition) is 2. The zero-order chi connectivity index (χ0) is 7.56. The molecule has 1 aliphatic carbocycles. The summed E-state index contributed by atoms with van der Waals surface area (Å²) < 4.78 is 0. The molecule has 3 heteroatoms. The summed E-state index contributed by atoms with van der Waals surface area (Å²) in [6.07, 6.45) is 2.40. The van der Waals surface area contributed by atoms with E-state index in [1.165, 1.54) is 0 Å².